The average Bonchev–Trinajstić information content (AvgIpc) is 3.04. The highest BCUT2D eigenvalue weighted by molar-refractivity contribution is 9.10. The fourth-order valence-electron chi connectivity index (χ4n) is 3.83. The molecule has 2 aliphatic rings. The summed E-state index contributed by atoms with van der Waals surface area (Å²) in [6.45, 7) is 0. The minimum atomic E-state index is -0.888. The van der Waals surface area contributed by atoms with Gasteiger partial charge in [-0.15, -0.1) is 0 Å². The molecule has 4 rings (SSSR count). The van der Waals surface area contributed by atoms with Gasteiger partial charge in [-0.1, -0.05) is 58.4 Å². The fraction of sp³-hybridized carbons (Fsp3) is 0.211. The van der Waals surface area contributed by atoms with Crippen LogP contribution in [0.2, 0.25) is 0 Å². The number of allylic oxidation sites excluding steroid dienone is 2. The summed E-state index contributed by atoms with van der Waals surface area (Å²) < 4.78 is 1.06. The Morgan fingerprint density at radius 1 is 1.13 bits per heavy atom. The second-order valence-electron chi connectivity index (χ2n) is 6.07. The third kappa shape index (κ3) is 2.29. The molecule has 0 unspecified atom stereocenters. The van der Waals surface area contributed by atoms with Crippen LogP contribution in [-0.4, -0.2) is 11.1 Å². The van der Waals surface area contributed by atoms with Crippen LogP contribution in [0.3, 0.4) is 0 Å². The molecule has 3 atom stereocenters. The molecule has 0 saturated heterocycles. The van der Waals surface area contributed by atoms with Crippen molar-refractivity contribution < 1.29 is 9.90 Å². The maximum atomic E-state index is 11.6. The van der Waals surface area contributed by atoms with Crippen LogP contribution in [-0.2, 0) is 0 Å². The molecular formula is C19H16BrNO2. The monoisotopic (exact) mass is 369 g/mol. The van der Waals surface area contributed by atoms with Gasteiger partial charge in [0.25, 0.3) is 0 Å². The first-order valence-corrected chi connectivity index (χ1v) is 8.50. The lowest BCUT2D eigenvalue weighted by Gasteiger charge is -2.38. The number of benzene rings is 2. The van der Waals surface area contributed by atoms with Crippen molar-refractivity contribution in [3.63, 3.8) is 0 Å². The second-order valence-corrected chi connectivity index (χ2v) is 6.93. The number of fused-ring (bicyclic) bond motifs is 3. The summed E-state index contributed by atoms with van der Waals surface area (Å²) in [6, 6.07) is 13.8. The predicted octanol–water partition coefficient (Wildman–Crippen LogP) is 4.97. The maximum Gasteiger partial charge on any atom is 0.337 e. The minimum absolute atomic E-state index is 0.0959. The summed E-state index contributed by atoms with van der Waals surface area (Å²) >= 11 is 3.64. The molecule has 0 amide bonds. The summed E-state index contributed by atoms with van der Waals surface area (Å²) in [4.78, 5) is 11.6. The Balaban J connectivity index is 1.87. The van der Waals surface area contributed by atoms with Crippen molar-refractivity contribution in [1.29, 1.82) is 0 Å². The van der Waals surface area contributed by atoms with Gasteiger partial charge in [-0.3, -0.25) is 0 Å². The number of anilines is 1. The smallest absolute Gasteiger partial charge is 0.337 e. The number of hydrogen-bond acceptors (Lipinski definition) is 2. The first-order valence-electron chi connectivity index (χ1n) is 7.70. The lowest BCUT2D eigenvalue weighted by atomic mass is 9.76. The van der Waals surface area contributed by atoms with E-state index in [1.807, 2.05) is 30.3 Å². The zero-order valence-corrected chi connectivity index (χ0v) is 14.0. The van der Waals surface area contributed by atoms with Crippen LogP contribution < -0.4 is 5.32 Å². The molecule has 2 aromatic carbocycles. The SMILES string of the molecule is O=C(O)c1cccc2c1N[C@H](c1ccccc1Br)[C@@H]1CC=C[C@H]21. The van der Waals surface area contributed by atoms with Crippen molar-refractivity contribution in [2.24, 2.45) is 5.92 Å². The van der Waals surface area contributed by atoms with E-state index in [0.29, 0.717) is 11.5 Å². The largest absolute Gasteiger partial charge is 0.478 e. The zero-order valence-electron chi connectivity index (χ0n) is 12.4. The van der Waals surface area contributed by atoms with E-state index in [2.05, 4.69) is 39.5 Å². The van der Waals surface area contributed by atoms with E-state index in [4.69, 9.17) is 0 Å². The minimum Gasteiger partial charge on any atom is -0.478 e. The number of carbonyl (C=O) groups is 1. The summed E-state index contributed by atoms with van der Waals surface area (Å²) in [6.07, 6.45) is 5.43. The van der Waals surface area contributed by atoms with Gasteiger partial charge >= 0.3 is 5.97 Å². The molecule has 1 aliphatic heterocycles. The first-order chi connectivity index (χ1) is 11.2. The Morgan fingerprint density at radius 2 is 1.91 bits per heavy atom. The van der Waals surface area contributed by atoms with Crippen molar-refractivity contribution in [3.05, 3.63) is 75.8 Å². The van der Waals surface area contributed by atoms with Crippen LogP contribution in [0.25, 0.3) is 0 Å². The van der Waals surface area contributed by atoms with E-state index >= 15 is 0 Å². The van der Waals surface area contributed by atoms with E-state index in [0.717, 1.165) is 22.1 Å². The van der Waals surface area contributed by atoms with Gasteiger partial charge in [0.1, 0.15) is 0 Å². The number of carboxylic acids is 1. The van der Waals surface area contributed by atoms with Crippen molar-refractivity contribution in [2.75, 3.05) is 5.32 Å². The Kier molecular flexibility index (Phi) is 3.49. The van der Waals surface area contributed by atoms with Crippen molar-refractivity contribution in [2.45, 2.75) is 18.4 Å². The molecular weight excluding hydrogens is 354 g/mol. The average molecular weight is 370 g/mol. The lowest BCUT2D eigenvalue weighted by Crippen LogP contribution is -2.30. The Hall–Kier alpha value is -2.07. The van der Waals surface area contributed by atoms with E-state index in [-0.39, 0.29) is 12.0 Å². The third-order valence-corrected chi connectivity index (χ3v) is 5.59. The summed E-state index contributed by atoms with van der Waals surface area (Å²) in [5, 5.41) is 13.1. The van der Waals surface area contributed by atoms with E-state index in [1.54, 1.807) is 6.07 Å². The normalized spacial score (nSPS) is 24.7. The Morgan fingerprint density at radius 3 is 2.70 bits per heavy atom. The molecule has 3 nitrogen and oxygen atoms in total. The topological polar surface area (TPSA) is 49.3 Å². The molecule has 0 radical (unpaired) electrons. The standard InChI is InChI=1S/C19H16BrNO2/c20-16-10-2-1-5-14(16)17-12-7-3-6-11(12)13-8-4-9-15(19(22)23)18(13)21-17/h1-6,8-12,17,21H,7H2,(H,22,23)/t11-,12+,17-/m0/s1. The number of hydrogen-bond donors (Lipinski definition) is 2. The maximum absolute atomic E-state index is 11.6. The van der Waals surface area contributed by atoms with Crippen LogP contribution >= 0.6 is 15.9 Å². The molecule has 2 aromatic rings. The number of nitrogens with one attached hydrogen (secondary N) is 1. The van der Waals surface area contributed by atoms with E-state index in [9.17, 15) is 9.90 Å². The van der Waals surface area contributed by atoms with Crippen LogP contribution in [0.15, 0.2) is 59.1 Å². The van der Waals surface area contributed by atoms with Crippen molar-refractivity contribution in [3.8, 4) is 0 Å². The second kappa shape index (κ2) is 5.53. The molecule has 0 fully saturated rings. The van der Waals surface area contributed by atoms with Gasteiger partial charge in [0.2, 0.25) is 0 Å². The molecule has 4 heteroatoms. The summed E-state index contributed by atoms with van der Waals surface area (Å²) in [7, 11) is 0. The highest BCUT2D eigenvalue weighted by Crippen LogP contribution is 2.51. The number of carboxylic acid groups (broad SMARTS) is 1. The summed E-state index contributed by atoms with van der Waals surface area (Å²) in [5.74, 6) is -0.214. The molecule has 2 N–H and O–H groups in total. The third-order valence-electron chi connectivity index (χ3n) is 4.87. The molecule has 23 heavy (non-hydrogen) atoms. The number of rotatable bonds is 2. The molecule has 0 bridgehead atoms. The van der Waals surface area contributed by atoms with Crippen LogP contribution in [0.4, 0.5) is 5.69 Å². The molecule has 1 heterocycles. The number of halogens is 1. The highest BCUT2D eigenvalue weighted by Gasteiger charge is 2.39. The van der Waals surface area contributed by atoms with Gasteiger partial charge in [-0.2, -0.15) is 0 Å². The molecule has 0 saturated carbocycles. The van der Waals surface area contributed by atoms with Crippen LogP contribution in [0.5, 0.6) is 0 Å². The number of para-hydroxylation sites is 1. The molecule has 116 valence electrons. The quantitative estimate of drug-likeness (QED) is 0.734. The van der Waals surface area contributed by atoms with E-state index < -0.39 is 5.97 Å². The predicted molar refractivity (Wildman–Crippen MR) is 93.9 cm³/mol. The van der Waals surface area contributed by atoms with Gasteiger partial charge in [-0.05, 0) is 35.6 Å². The first kappa shape index (κ1) is 14.5. The molecule has 0 aromatic heterocycles. The summed E-state index contributed by atoms with van der Waals surface area (Å²) in [5.41, 5.74) is 3.37. The van der Waals surface area contributed by atoms with E-state index in [1.165, 1.54) is 5.56 Å². The fourth-order valence-corrected chi connectivity index (χ4v) is 4.37. The van der Waals surface area contributed by atoms with Gasteiger partial charge in [0.05, 0.1) is 17.3 Å². The van der Waals surface area contributed by atoms with Crippen LogP contribution in [0, 0.1) is 5.92 Å². The Labute approximate surface area is 143 Å². The van der Waals surface area contributed by atoms with Gasteiger partial charge in [0, 0.05) is 10.4 Å². The Bertz CT molecular complexity index is 815. The molecule has 0 spiro atoms. The number of aromatic carboxylic acids is 1. The van der Waals surface area contributed by atoms with Gasteiger partial charge in [0.15, 0.2) is 0 Å². The van der Waals surface area contributed by atoms with Gasteiger partial charge < -0.3 is 10.4 Å². The van der Waals surface area contributed by atoms with Gasteiger partial charge in [-0.25, -0.2) is 4.79 Å². The van der Waals surface area contributed by atoms with Crippen LogP contribution in [0.1, 0.15) is 39.9 Å². The highest BCUT2D eigenvalue weighted by atomic mass is 79.9. The molecule has 1 aliphatic carbocycles. The lowest BCUT2D eigenvalue weighted by molar-refractivity contribution is 0.0697. The van der Waals surface area contributed by atoms with Crippen molar-refractivity contribution >= 4 is 27.6 Å². The van der Waals surface area contributed by atoms with Crippen molar-refractivity contribution in [1.82, 2.24) is 0 Å². The zero-order chi connectivity index (χ0) is 16.0.